The van der Waals surface area contributed by atoms with Gasteiger partial charge in [-0.2, -0.15) is 18.3 Å². The van der Waals surface area contributed by atoms with Crippen LogP contribution >= 0.6 is 11.3 Å². The fourth-order valence-electron chi connectivity index (χ4n) is 1.56. The number of ether oxygens (including phenoxy) is 2. The minimum atomic E-state index is -5.15. The number of alkyl halides is 3. The van der Waals surface area contributed by atoms with Gasteiger partial charge in [0.15, 0.2) is 0 Å². The van der Waals surface area contributed by atoms with Crippen LogP contribution in [0.15, 0.2) is 21.8 Å². The first-order chi connectivity index (χ1) is 11.6. The van der Waals surface area contributed by atoms with Crippen LogP contribution in [0.5, 0.6) is 0 Å². The first kappa shape index (κ1) is 20.5. The van der Waals surface area contributed by atoms with Crippen LogP contribution in [0.4, 0.5) is 18.9 Å². The van der Waals surface area contributed by atoms with Gasteiger partial charge in [-0.05, 0) is 24.8 Å². The zero-order valence-corrected chi connectivity index (χ0v) is 14.2. The number of hydrogen-bond donors (Lipinski definition) is 2. The number of methoxy groups -OCH3 is 1. The van der Waals surface area contributed by atoms with Crippen LogP contribution in [0.3, 0.4) is 0 Å². The molecule has 138 valence electrons. The largest absolute Gasteiger partial charge is 0.504 e. The van der Waals surface area contributed by atoms with E-state index in [1.165, 1.54) is 14.0 Å². The number of allylic oxidation sites excluding steroid dienone is 1. The van der Waals surface area contributed by atoms with Gasteiger partial charge in [-0.25, -0.2) is 9.59 Å². The number of rotatable bonds is 6. The Bertz CT molecular complexity index is 710. The zero-order valence-electron chi connectivity index (χ0n) is 13.4. The van der Waals surface area contributed by atoms with E-state index in [0.717, 1.165) is 11.3 Å². The lowest BCUT2D eigenvalue weighted by atomic mass is 10.2. The van der Waals surface area contributed by atoms with Crippen LogP contribution in [0.2, 0.25) is 0 Å². The van der Waals surface area contributed by atoms with E-state index >= 15 is 0 Å². The summed E-state index contributed by atoms with van der Waals surface area (Å²) in [6.07, 6.45) is -4.68. The summed E-state index contributed by atoms with van der Waals surface area (Å²) < 4.78 is 46.9. The Hall–Kier alpha value is -2.56. The van der Waals surface area contributed by atoms with Gasteiger partial charge in [0.25, 0.3) is 0 Å². The number of esters is 2. The van der Waals surface area contributed by atoms with Gasteiger partial charge in [0.05, 0.1) is 25.6 Å². The average Bonchev–Trinajstić information content (AvgIpc) is 2.90. The van der Waals surface area contributed by atoms with Crippen molar-refractivity contribution >= 4 is 35.2 Å². The van der Waals surface area contributed by atoms with Gasteiger partial charge in [-0.1, -0.05) is 0 Å². The fraction of sp³-hybridized carbons (Fsp3) is 0.357. The topological polar surface area (TPSA) is 97.2 Å². The molecule has 1 rings (SSSR count). The second-order valence-electron chi connectivity index (χ2n) is 4.46. The summed E-state index contributed by atoms with van der Waals surface area (Å²) in [7, 11) is 1.17. The van der Waals surface area contributed by atoms with Crippen molar-refractivity contribution < 1.29 is 37.3 Å². The van der Waals surface area contributed by atoms with Gasteiger partial charge in [-0.15, -0.1) is 11.3 Å². The van der Waals surface area contributed by atoms with E-state index < -0.39 is 29.4 Å². The molecule has 0 bridgehead atoms. The molecule has 0 fully saturated rings. The minimum Gasteiger partial charge on any atom is -0.504 e. The smallest absolute Gasteiger partial charge is 0.449 e. The zero-order chi connectivity index (χ0) is 19.2. The van der Waals surface area contributed by atoms with Gasteiger partial charge in [0.1, 0.15) is 10.5 Å². The van der Waals surface area contributed by atoms with E-state index in [4.69, 9.17) is 0 Å². The Morgan fingerprint density at radius 1 is 1.44 bits per heavy atom. The van der Waals surface area contributed by atoms with Crippen LogP contribution in [0, 0.1) is 6.92 Å². The average molecular weight is 380 g/mol. The standard InChI is InChI=1S/C14H15F3N2O5S/c1-4-24-12(21)8(11(20)14(15,16)17)5-18-19-9-7(2)6-25-10(9)13(22)23-3/h5-6,19-20H,4H2,1-3H3/b11-8-,18-5+. The number of halogens is 3. The van der Waals surface area contributed by atoms with Crippen LogP contribution in [-0.2, 0) is 14.3 Å². The molecule has 7 nitrogen and oxygen atoms in total. The van der Waals surface area contributed by atoms with Crippen molar-refractivity contribution in [2.24, 2.45) is 5.10 Å². The molecule has 0 unspecified atom stereocenters. The molecule has 1 aromatic rings. The third-order valence-electron chi connectivity index (χ3n) is 2.73. The second-order valence-corrected chi connectivity index (χ2v) is 5.34. The van der Waals surface area contributed by atoms with Gasteiger partial charge in [0.2, 0.25) is 5.76 Å². The molecular formula is C14H15F3N2O5S. The minimum absolute atomic E-state index is 0.152. The van der Waals surface area contributed by atoms with E-state index in [0.29, 0.717) is 11.8 Å². The second kappa shape index (κ2) is 8.51. The molecule has 0 aromatic carbocycles. The molecule has 0 amide bonds. The number of anilines is 1. The molecule has 1 heterocycles. The van der Waals surface area contributed by atoms with Gasteiger partial charge in [-0.3, -0.25) is 5.43 Å². The first-order valence-corrected chi connectivity index (χ1v) is 7.64. The highest BCUT2D eigenvalue weighted by Crippen LogP contribution is 2.29. The predicted molar refractivity (Wildman–Crippen MR) is 84.9 cm³/mol. The molecule has 0 aliphatic rings. The predicted octanol–water partition coefficient (Wildman–Crippen LogP) is 3.18. The van der Waals surface area contributed by atoms with Crippen molar-refractivity contribution in [3.05, 3.63) is 27.2 Å². The summed E-state index contributed by atoms with van der Waals surface area (Å²) in [5.74, 6) is -4.18. The van der Waals surface area contributed by atoms with Gasteiger partial charge >= 0.3 is 18.1 Å². The summed E-state index contributed by atoms with van der Waals surface area (Å²) in [5, 5.41) is 14.3. The van der Waals surface area contributed by atoms with Crippen molar-refractivity contribution in [3.8, 4) is 0 Å². The van der Waals surface area contributed by atoms with E-state index in [-0.39, 0.29) is 17.2 Å². The summed E-state index contributed by atoms with van der Waals surface area (Å²) >= 11 is 1.05. The molecule has 0 saturated heterocycles. The van der Waals surface area contributed by atoms with E-state index in [1.807, 2.05) is 0 Å². The molecule has 0 aliphatic carbocycles. The molecule has 0 aliphatic heterocycles. The molecule has 0 spiro atoms. The lowest BCUT2D eigenvalue weighted by Gasteiger charge is -2.09. The first-order valence-electron chi connectivity index (χ1n) is 6.76. The van der Waals surface area contributed by atoms with Crippen LogP contribution in [-0.4, -0.2) is 43.2 Å². The molecule has 11 heteroatoms. The lowest BCUT2D eigenvalue weighted by molar-refractivity contribution is -0.141. The molecule has 1 aromatic heterocycles. The van der Waals surface area contributed by atoms with E-state index in [1.54, 1.807) is 12.3 Å². The molecule has 0 radical (unpaired) electrons. The summed E-state index contributed by atoms with van der Waals surface area (Å²) in [5.41, 5.74) is 2.00. The third kappa shape index (κ3) is 5.21. The Balaban J connectivity index is 3.14. The number of hydrazone groups is 1. The highest BCUT2D eigenvalue weighted by molar-refractivity contribution is 7.12. The molecule has 0 saturated carbocycles. The van der Waals surface area contributed by atoms with E-state index in [2.05, 4.69) is 20.0 Å². The quantitative estimate of drug-likeness (QED) is 0.259. The lowest BCUT2D eigenvalue weighted by Crippen LogP contribution is -2.20. The monoisotopic (exact) mass is 380 g/mol. The van der Waals surface area contributed by atoms with Gasteiger partial charge < -0.3 is 14.6 Å². The highest BCUT2D eigenvalue weighted by atomic mass is 32.1. The van der Waals surface area contributed by atoms with Crippen molar-refractivity contribution in [2.75, 3.05) is 19.1 Å². The number of aryl methyl sites for hydroxylation is 1. The van der Waals surface area contributed by atoms with Gasteiger partial charge in [0, 0.05) is 0 Å². The van der Waals surface area contributed by atoms with Crippen molar-refractivity contribution in [1.29, 1.82) is 0 Å². The number of aliphatic hydroxyl groups is 1. The maximum atomic E-state index is 12.6. The SMILES string of the molecule is CCOC(=O)C(/C=N/Nc1c(C)csc1C(=O)OC)=C(\O)C(F)(F)F. The fourth-order valence-corrected chi connectivity index (χ4v) is 2.48. The number of carbonyl (C=O) groups is 2. The highest BCUT2D eigenvalue weighted by Gasteiger charge is 2.38. The van der Waals surface area contributed by atoms with Crippen molar-refractivity contribution in [3.63, 3.8) is 0 Å². The number of thiophene rings is 1. The van der Waals surface area contributed by atoms with Crippen LogP contribution in [0.25, 0.3) is 0 Å². The summed E-state index contributed by atoms with van der Waals surface area (Å²) in [6, 6.07) is 0. The normalized spacial score (nSPS) is 12.7. The maximum Gasteiger partial charge on any atom is 0.449 e. The third-order valence-corrected chi connectivity index (χ3v) is 3.81. The van der Waals surface area contributed by atoms with Crippen LogP contribution in [0.1, 0.15) is 22.2 Å². The number of nitrogens with zero attached hydrogens (tertiary/aromatic N) is 1. The van der Waals surface area contributed by atoms with Crippen molar-refractivity contribution in [2.45, 2.75) is 20.0 Å². The number of carbonyl (C=O) groups excluding carboxylic acids is 2. The maximum absolute atomic E-state index is 12.6. The number of nitrogens with one attached hydrogen (secondary N) is 1. The van der Waals surface area contributed by atoms with E-state index in [9.17, 15) is 27.9 Å². The number of aliphatic hydroxyl groups excluding tert-OH is 1. The summed E-state index contributed by atoms with van der Waals surface area (Å²) in [6.45, 7) is 2.84. The Morgan fingerprint density at radius 2 is 2.08 bits per heavy atom. The molecular weight excluding hydrogens is 365 g/mol. The molecule has 25 heavy (non-hydrogen) atoms. The Labute approximate surface area is 144 Å². The Morgan fingerprint density at radius 3 is 2.60 bits per heavy atom. The Kier molecular flexibility index (Phi) is 6.97. The van der Waals surface area contributed by atoms with Crippen LogP contribution < -0.4 is 5.43 Å². The molecule has 2 N–H and O–H groups in total. The summed E-state index contributed by atoms with van der Waals surface area (Å²) in [4.78, 5) is 23.3. The van der Waals surface area contributed by atoms with Crippen molar-refractivity contribution in [1.82, 2.24) is 0 Å². The molecule has 0 atom stereocenters. The number of hydrogen-bond acceptors (Lipinski definition) is 8.